The number of amides is 2. The van der Waals surface area contributed by atoms with E-state index < -0.39 is 0 Å². The molecule has 0 saturated carbocycles. The van der Waals surface area contributed by atoms with Crippen molar-refractivity contribution in [2.24, 2.45) is 7.05 Å². The Hall–Kier alpha value is -2.60. The van der Waals surface area contributed by atoms with Crippen molar-refractivity contribution in [2.75, 3.05) is 18.9 Å². The highest BCUT2D eigenvalue weighted by molar-refractivity contribution is 6.31. The van der Waals surface area contributed by atoms with Crippen LogP contribution in [0.25, 0.3) is 6.08 Å². The maximum atomic E-state index is 12.2. The van der Waals surface area contributed by atoms with Crippen molar-refractivity contribution >= 4 is 35.2 Å². The second kappa shape index (κ2) is 8.67. The number of anilines is 1. The smallest absolute Gasteiger partial charge is 0.246 e. The first kappa shape index (κ1) is 19.7. The van der Waals surface area contributed by atoms with Crippen LogP contribution in [0, 0.1) is 6.92 Å². The van der Waals surface area contributed by atoms with Crippen molar-refractivity contribution in [1.29, 1.82) is 0 Å². The van der Waals surface area contributed by atoms with Crippen LogP contribution in [0.4, 0.5) is 5.69 Å². The molecule has 2 rings (SSSR count). The molecule has 0 atom stereocenters. The SMILES string of the molecule is CCc1ccccc1NC(=O)CN(C)C(=O)/C=C/c1c(C)nn(C)c1Cl. The summed E-state index contributed by atoms with van der Waals surface area (Å²) >= 11 is 6.14. The number of benzene rings is 1. The number of nitrogens with one attached hydrogen (secondary N) is 1. The molecule has 1 aromatic heterocycles. The Morgan fingerprint density at radius 2 is 2.04 bits per heavy atom. The quantitative estimate of drug-likeness (QED) is 0.790. The van der Waals surface area contributed by atoms with Crippen molar-refractivity contribution in [3.8, 4) is 0 Å². The first-order chi connectivity index (χ1) is 12.3. The van der Waals surface area contributed by atoms with Crippen LogP contribution >= 0.6 is 11.6 Å². The fraction of sp³-hybridized carbons (Fsp3) is 0.316. The highest BCUT2D eigenvalue weighted by Crippen LogP contribution is 2.20. The third-order valence-electron chi connectivity index (χ3n) is 4.02. The standard InChI is InChI=1S/C19H23ClN4O2/c1-5-14-8-6-7-9-16(14)21-17(25)12-23(3)18(26)11-10-15-13(2)22-24(4)19(15)20/h6-11H,5,12H2,1-4H3,(H,21,25)/b11-10+. The number of para-hydroxylation sites is 1. The zero-order valence-electron chi connectivity index (χ0n) is 15.4. The normalized spacial score (nSPS) is 11.0. The number of rotatable bonds is 6. The minimum atomic E-state index is -0.289. The third kappa shape index (κ3) is 4.73. The molecule has 0 aliphatic rings. The van der Waals surface area contributed by atoms with Gasteiger partial charge in [0.25, 0.3) is 0 Å². The molecule has 2 amide bonds. The van der Waals surface area contributed by atoms with E-state index in [1.807, 2.05) is 38.1 Å². The van der Waals surface area contributed by atoms with E-state index in [4.69, 9.17) is 11.6 Å². The van der Waals surface area contributed by atoms with Crippen LogP contribution in [0.3, 0.4) is 0 Å². The largest absolute Gasteiger partial charge is 0.333 e. The van der Waals surface area contributed by atoms with E-state index in [1.54, 1.807) is 24.9 Å². The van der Waals surface area contributed by atoms with Crippen LogP contribution < -0.4 is 5.32 Å². The van der Waals surface area contributed by atoms with Gasteiger partial charge in [-0.2, -0.15) is 5.10 Å². The number of aromatic nitrogens is 2. The summed E-state index contributed by atoms with van der Waals surface area (Å²) in [5, 5.41) is 7.50. The number of carbonyl (C=O) groups excluding carboxylic acids is 2. The van der Waals surface area contributed by atoms with Gasteiger partial charge in [-0.15, -0.1) is 0 Å². The third-order valence-corrected chi connectivity index (χ3v) is 4.47. The maximum absolute atomic E-state index is 12.2. The van der Waals surface area contributed by atoms with Crippen molar-refractivity contribution in [2.45, 2.75) is 20.3 Å². The fourth-order valence-electron chi connectivity index (χ4n) is 2.55. The molecule has 0 unspecified atom stereocenters. The zero-order valence-corrected chi connectivity index (χ0v) is 16.2. The van der Waals surface area contributed by atoms with E-state index in [1.165, 1.54) is 11.0 Å². The van der Waals surface area contributed by atoms with E-state index in [0.717, 1.165) is 23.4 Å². The number of carbonyl (C=O) groups is 2. The topological polar surface area (TPSA) is 67.2 Å². The van der Waals surface area contributed by atoms with Gasteiger partial charge in [0.2, 0.25) is 11.8 Å². The second-order valence-electron chi connectivity index (χ2n) is 6.00. The number of aryl methyl sites for hydroxylation is 3. The number of nitrogens with zero attached hydrogens (tertiary/aromatic N) is 3. The number of halogens is 1. The van der Waals surface area contributed by atoms with Crippen molar-refractivity contribution in [3.05, 3.63) is 52.3 Å². The van der Waals surface area contributed by atoms with Gasteiger partial charge in [0.1, 0.15) is 5.15 Å². The lowest BCUT2D eigenvalue weighted by Crippen LogP contribution is -2.34. The molecule has 1 N–H and O–H groups in total. The summed E-state index contributed by atoms with van der Waals surface area (Å²) < 4.78 is 1.55. The molecule has 2 aromatic rings. The Kier molecular flexibility index (Phi) is 6.58. The Morgan fingerprint density at radius 3 is 2.65 bits per heavy atom. The Bertz CT molecular complexity index is 842. The molecule has 7 heteroatoms. The van der Waals surface area contributed by atoms with Crippen molar-refractivity contribution < 1.29 is 9.59 Å². The highest BCUT2D eigenvalue weighted by Gasteiger charge is 2.13. The molecule has 0 radical (unpaired) electrons. The Balaban J connectivity index is 1.98. The molecule has 138 valence electrons. The first-order valence-electron chi connectivity index (χ1n) is 8.33. The molecular weight excluding hydrogens is 352 g/mol. The van der Waals surface area contributed by atoms with Gasteiger partial charge in [-0.25, -0.2) is 0 Å². The van der Waals surface area contributed by atoms with Crippen LogP contribution in [0.15, 0.2) is 30.3 Å². The molecule has 1 aromatic carbocycles. The molecule has 6 nitrogen and oxygen atoms in total. The molecule has 0 fully saturated rings. The molecule has 0 spiro atoms. The predicted molar refractivity (Wildman–Crippen MR) is 104 cm³/mol. The van der Waals surface area contributed by atoms with Gasteiger partial charge in [-0.3, -0.25) is 14.3 Å². The average molecular weight is 375 g/mol. The first-order valence-corrected chi connectivity index (χ1v) is 8.71. The summed E-state index contributed by atoms with van der Waals surface area (Å²) in [5.41, 5.74) is 3.25. The van der Waals surface area contributed by atoms with Crippen LogP contribution in [0.1, 0.15) is 23.7 Å². The monoisotopic (exact) mass is 374 g/mol. The highest BCUT2D eigenvalue weighted by atomic mass is 35.5. The minimum Gasteiger partial charge on any atom is -0.333 e. The molecule has 0 saturated heterocycles. The van der Waals surface area contributed by atoms with Gasteiger partial charge >= 0.3 is 0 Å². The van der Waals surface area contributed by atoms with Gasteiger partial charge in [-0.05, 0) is 31.1 Å². The summed E-state index contributed by atoms with van der Waals surface area (Å²) in [6.07, 6.45) is 3.83. The molecule has 0 bridgehead atoms. The average Bonchev–Trinajstić information content (AvgIpc) is 2.85. The number of hydrogen-bond donors (Lipinski definition) is 1. The zero-order chi connectivity index (χ0) is 19.3. The Morgan fingerprint density at radius 1 is 1.35 bits per heavy atom. The molecular formula is C19H23ClN4O2. The van der Waals surface area contributed by atoms with Gasteiger partial charge in [-0.1, -0.05) is 36.7 Å². The van der Waals surface area contributed by atoms with E-state index in [2.05, 4.69) is 10.4 Å². The number of hydrogen-bond acceptors (Lipinski definition) is 3. The predicted octanol–water partition coefficient (Wildman–Crippen LogP) is 3.05. The fourth-order valence-corrected chi connectivity index (χ4v) is 2.79. The van der Waals surface area contributed by atoms with Crippen molar-refractivity contribution in [1.82, 2.24) is 14.7 Å². The van der Waals surface area contributed by atoms with E-state index in [0.29, 0.717) is 10.7 Å². The van der Waals surface area contributed by atoms with Crippen LogP contribution in [0.2, 0.25) is 5.15 Å². The summed E-state index contributed by atoms with van der Waals surface area (Å²) in [5.74, 6) is -0.533. The van der Waals surface area contributed by atoms with Crippen LogP contribution in [0.5, 0.6) is 0 Å². The van der Waals surface area contributed by atoms with E-state index in [9.17, 15) is 9.59 Å². The summed E-state index contributed by atoms with van der Waals surface area (Å²) in [6, 6.07) is 7.62. The summed E-state index contributed by atoms with van der Waals surface area (Å²) in [4.78, 5) is 25.8. The summed E-state index contributed by atoms with van der Waals surface area (Å²) in [6.45, 7) is 3.80. The lowest BCUT2D eigenvalue weighted by atomic mass is 10.1. The second-order valence-corrected chi connectivity index (χ2v) is 6.36. The molecule has 1 heterocycles. The molecule has 0 aliphatic heterocycles. The van der Waals surface area contributed by atoms with Crippen LogP contribution in [-0.4, -0.2) is 40.1 Å². The summed E-state index contributed by atoms with van der Waals surface area (Å²) in [7, 11) is 3.31. The van der Waals surface area contributed by atoms with Crippen LogP contribution in [-0.2, 0) is 23.1 Å². The van der Waals surface area contributed by atoms with Gasteiger partial charge in [0, 0.05) is 31.4 Å². The van der Waals surface area contributed by atoms with Crippen molar-refractivity contribution in [3.63, 3.8) is 0 Å². The van der Waals surface area contributed by atoms with E-state index in [-0.39, 0.29) is 18.4 Å². The molecule has 26 heavy (non-hydrogen) atoms. The number of likely N-dealkylation sites (N-methyl/N-ethyl adjacent to an activating group) is 1. The lowest BCUT2D eigenvalue weighted by molar-refractivity contribution is -0.129. The minimum absolute atomic E-state index is 0.0407. The molecule has 0 aliphatic carbocycles. The maximum Gasteiger partial charge on any atom is 0.246 e. The van der Waals surface area contributed by atoms with E-state index >= 15 is 0 Å². The lowest BCUT2D eigenvalue weighted by Gasteiger charge is -2.16. The van der Waals surface area contributed by atoms with Gasteiger partial charge in [0.15, 0.2) is 0 Å². The van der Waals surface area contributed by atoms with Gasteiger partial charge in [0.05, 0.1) is 12.2 Å². The van der Waals surface area contributed by atoms with Gasteiger partial charge < -0.3 is 10.2 Å². The Labute approximate surface area is 158 Å².